The van der Waals surface area contributed by atoms with Gasteiger partial charge in [-0.05, 0) is 76.7 Å². The largest absolute Gasteiger partial charge is 0.472 e. The van der Waals surface area contributed by atoms with Gasteiger partial charge in [-0.2, -0.15) is 0 Å². The fourth-order valence-electron chi connectivity index (χ4n) is 7.44. The zero-order chi connectivity index (χ0) is 49.4. The molecule has 2 N–H and O–H groups in total. The molecule has 9 nitrogen and oxygen atoms in total. The molecule has 0 saturated carbocycles. The number of rotatable bonds is 48. The summed E-state index contributed by atoms with van der Waals surface area (Å²) in [6.45, 7) is 6.84. The van der Waals surface area contributed by atoms with Gasteiger partial charge in [0.2, 0.25) is 5.91 Å². The second-order valence-electron chi connectivity index (χ2n) is 19.4. The van der Waals surface area contributed by atoms with E-state index in [1.165, 1.54) is 96.3 Å². The predicted molar refractivity (Wildman–Crippen MR) is 286 cm³/mol. The minimum Gasteiger partial charge on any atom is -0.456 e. The summed E-state index contributed by atoms with van der Waals surface area (Å²) in [6, 6.07) is -0.864. The number of phosphoric ester groups is 1. The maximum absolute atomic E-state index is 13.4. The fourth-order valence-corrected chi connectivity index (χ4v) is 8.17. The first-order chi connectivity index (χ1) is 32.4. The van der Waals surface area contributed by atoms with Crippen molar-refractivity contribution in [3.63, 3.8) is 0 Å². The average Bonchev–Trinajstić information content (AvgIpc) is 3.28. The highest BCUT2D eigenvalue weighted by Gasteiger charge is 2.30. The van der Waals surface area contributed by atoms with Crippen LogP contribution in [0.25, 0.3) is 0 Å². The van der Waals surface area contributed by atoms with E-state index < -0.39 is 20.0 Å². The minimum atomic E-state index is -4.45. The molecule has 0 radical (unpaired) electrons. The van der Waals surface area contributed by atoms with Gasteiger partial charge in [0.15, 0.2) is 0 Å². The number of ether oxygens (including phenoxy) is 1. The highest BCUT2D eigenvalue weighted by molar-refractivity contribution is 7.47. The molecule has 67 heavy (non-hydrogen) atoms. The number of unbranched alkanes of at least 4 members (excludes halogenated alkanes) is 22. The molecule has 0 aromatic rings. The first kappa shape index (κ1) is 64.5. The summed E-state index contributed by atoms with van der Waals surface area (Å²) in [7, 11) is 1.47. The Balaban J connectivity index is 5.39. The van der Waals surface area contributed by atoms with E-state index in [2.05, 4.69) is 86.8 Å². The van der Waals surface area contributed by atoms with E-state index in [0.29, 0.717) is 23.9 Å². The van der Waals surface area contributed by atoms with Crippen molar-refractivity contribution in [2.24, 2.45) is 0 Å². The van der Waals surface area contributed by atoms with Crippen LogP contribution in [-0.2, 0) is 27.9 Å². The van der Waals surface area contributed by atoms with Crippen LogP contribution in [0, 0.1) is 0 Å². The SMILES string of the molecule is CC/C=C\C/C=C\C/C=C\C/C=C\C/C=C\CCCCCC(=O)NC(COP(=O)(O)OCC[N+](C)(C)C)C(/C=C\CCCCCCCCCCC)OC(=O)CCCCCCCCCCCCC. The van der Waals surface area contributed by atoms with Gasteiger partial charge in [0.25, 0.3) is 0 Å². The van der Waals surface area contributed by atoms with Crippen molar-refractivity contribution in [2.75, 3.05) is 40.9 Å². The molecule has 0 aromatic carbocycles. The molecule has 0 bridgehead atoms. The zero-order valence-electron chi connectivity index (χ0n) is 44.1. The Bertz CT molecular complexity index is 1380. The summed E-state index contributed by atoms with van der Waals surface area (Å²) in [5.41, 5.74) is 0. The molecule has 10 heteroatoms. The molecule has 0 fully saturated rings. The third-order valence-corrected chi connectivity index (χ3v) is 12.6. The molecule has 0 aliphatic carbocycles. The van der Waals surface area contributed by atoms with E-state index >= 15 is 0 Å². The molecule has 0 saturated heterocycles. The molecule has 0 aliphatic heterocycles. The van der Waals surface area contributed by atoms with Gasteiger partial charge in [0.05, 0.1) is 33.8 Å². The quantitative estimate of drug-likeness (QED) is 0.0205. The predicted octanol–water partition coefficient (Wildman–Crippen LogP) is 16.1. The number of hydrogen-bond acceptors (Lipinski definition) is 6. The van der Waals surface area contributed by atoms with Crippen molar-refractivity contribution in [1.29, 1.82) is 0 Å². The summed E-state index contributed by atoms with van der Waals surface area (Å²) < 4.78 is 30.5. The van der Waals surface area contributed by atoms with Crippen molar-refractivity contribution in [2.45, 2.75) is 238 Å². The van der Waals surface area contributed by atoms with E-state index in [-0.39, 0.29) is 31.5 Å². The van der Waals surface area contributed by atoms with Crippen LogP contribution in [0.2, 0.25) is 0 Å². The number of nitrogens with zero attached hydrogens (tertiary/aromatic N) is 1. The minimum absolute atomic E-state index is 0.0317. The Morgan fingerprint density at radius 2 is 0.955 bits per heavy atom. The molecule has 0 aromatic heterocycles. The van der Waals surface area contributed by atoms with Crippen LogP contribution in [-0.4, -0.2) is 74.3 Å². The molecule has 0 spiro atoms. The van der Waals surface area contributed by atoms with Crippen molar-refractivity contribution in [3.05, 3.63) is 72.9 Å². The molecule has 0 rings (SSSR count). The van der Waals surface area contributed by atoms with Gasteiger partial charge >= 0.3 is 13.8 Å². The maximum Gasteiger partial charge on any atom is 0.472 e. The van der Waals surface area contributed by atoms with Crippen LogP contribution in [0.15, 0.2) is 72.9 Å². The molecule has 0 aliphatic rings. The highest BCUT2D eigenvalue weighted by atomic mass is 31.2. The van der Waals surface area contributed by atoms with Gasteiger partial charge in [-0.1, -0.05) is 210 Å². The number of phosphoric acid groups is 1. The van der Waals surface area contributed by atoms with Crippen LogP contribution in [0.5, 0.6) is 0 Å². The molecular weight excluding hydrogens is 856 g/mol. The first-order valence-corrected chi connectivity index (χ1v) is 28.8. The van der Waals surface area contributed by atoms with Crippen LogP contribution >= 0.6 is 7.82 Å². The third kappa shape index (κ3) is 48.3. The average molecular weight is 960 g/mol. The Labute approximate surface area is 413 Å². The number of carbonyl (C=O) groups excluding carboxylic acids is 2. The maximum atomic E-state index is 13.4. The van der Waals surface area contributed by atoms with Crippen LogP contribution in [0.4, 0.5) is 0 Å². The topological polar surface area (TPSA) is 111 Å². The Kier molecular flexibility index (Phi) is 45.3. The second-order valence-corrected chi connectivity index (χ2v) is 20.8. The van der Waals surface area contributed by atoms with Crippen molar-refractivity contribution < 1.29 is 37.3 Å². The lowest BCUT2D eigenvalue weighted by molar-refractivity contribution is -0.870. The smallest absolute Gasteiger partial charge is 0.456 e. The summed E-state index contributed by atoms with van der Waals surface area (Å²) in [6.07, 6.45) is 59.0. The van der Waals surface area contributed by atoms with Gasteiger partial charge in [-0.3, -0.25) is 18.6 Å². The van der Waals surface area contributed by atoms with E-state index in [9.17, 15) is 19.0 Å². The van der Waals surface area contributed by atoms with Crippen molar-refractivity contribution in [3.8, 4) is 0 Å². The first-order valence-electron chi connectivity index (χ1n) is 27.3. The molecule has 0 heterocycles. The van der Waals surface area contributed by atoms with E-state index in [4.69, 9.17) is 13.8 Å². The second kappa shape index (κ2) is 47.1. The number of nitrogens with one attached hydrogen (secondary N) is 1. The summed E-state index contributed by atoms with van der Waals surface area (Å²) in [4.78, 5) is 37.4. The molecule has 3 unspecified atom stereocenters. The van der Waals surface area contributed by atoms with Gasteiger partial charge in [0, 0.05) is 12.8 Å². The van der Waals surface area contributed by atoms with E-state index in [0.717, 1.165) is 89.9 Å². The lowest BCUT2D eigenvalue weighted by Gasteiger charge is -2.27. The number of quaternary nitrogens is 1. The lowest BCUT2D eigenvalue weighted by atomic mass is 10.0. The Morgan fingerprint density at radius 3 is 1.45 bits per heavy atom. The molecule has 1 amide bonds. The molecule has 388 valence electrons. The van der Waals surface area contributed by atoms with Crippen LogP contribution < -0.4 is 5.32 Å². The number of likely N-dealkylation sites (N-methyl/N-ethyl adjacent to an activating group) is 1. The Hall–Kier alpha value is -2.55. The lowest BCUT2D eigenvalue weighted by Crippen LogP contribution is -2.47. The number of carbonyl (C=O) groups is 2. The van der Waals surface area contributed by atoms with Crippen LogP contribution in [0.1, 0.15) is 226 Å². The Morgan fingerprint density at radius 1 is 0.537 bits per heavy atom. The van der Waals surface area contributed by atoms with Crippen molar-refractivity contribution in [1.82, 2.24) is 5.32 Å². The standard InChI is InChI=1S/C57H103N2O7P/c1-7-10-13-16-19-22-25-26-27-28-29-30-31-32-35-37-40-43-46-49-56(60)58-54(53-65-67(62,63)64-52-51-59(4,5)6)55(48-45-42-39-36-33-23-20-17-14-11-8-2)66-57(61)50-47-44-41-38-34-24-21-18-15-12-9-3/h10,13,19,22,26-27,29-30,32,35,45,48,54-55H,7-9,11-12,14-18,20-21,23-25,28,31,33-34,36-44,46-47,49-53H2,1-6H3,(H-,58,60,62,63)/p+1/b13-10-,22-19-,27-26-,30-29-,35-32-,48-45-. The summed E-state index contributed by atoms with van der Waals surface area (Å²) in [5, 5.41) is 3.02. The number of esters is 1. The molecule has 3 atom stereocenters. The number of amides is 1. The van der Waals surface area contributed by atoms with Gasteiger partial charge in [-0.25, -0.2) is 4.57 Å². The van der Waals surface area contributed by atoms with Crippen LogP contribution in [0.3, 0.4) is 0 Å². The molecular formula is C57H104N2O7P+. The normalized spacial score (nSPS) is 14.4. The monoisotopic (exact) mass is 960 g/mol. The van der Waals surface area contributed by atoms with Crippen molar-refractivity contribution >= 4 is 19.7 Å². The fraction of sp³-hybridized carbons (Fsp3) is 0.754. The highest BCUT2D eigenvalue weighted by Crippen LogP contribution is 2.43. The summed E-state index contributed by atoms with van der Waals surface area (Å²) >= 11 is 0. The van der Waals surface area contributed by atoms with Gasteiger partial charge in [-0.15, -0.1) is 0 Å². The number of hydrogen-bond donors (Lipinski definition) is 2. The third-order valence-electron chi connectivity index (χ3n) is 11.7. The van der Waals surface area contributed by atoms with E-state index in [1.807, 2.05) is 33.3 Å². The van der Waals surface area contributed by atoms with Gasteiger partial charge < -0.3 is 19.4 Å². The number of allylic oxidation sites excluding steroid dienone is 11. The summed E-state index contributed by atoms with van der Waals surface area (Å²) in [5.74, 6) is -0.546. The van der Waals surface area contributed by atoms with E-state index in [1.54, 1.807) is 0 Å². The van der Waals surface area contributed by atoms with Gasteiger partial charge in [0.1, 0.15) is 19.3 Å². The zero-order valence-corrected chi connectivity index (χ0v) is 45.0.